The highest BCUT2D eigenvalue weighted by Crippen LogP contribution is 2.09. The highest BCUT2D eigenvalue weighted by Gasteiger charge is 2.09. The lowest BCUT2D eigenvalue weighted by Crippen LogP contribution is -2.11. The lowest BCUT2D eigenvalue weighted by atomic mass is 10.1. The van der Waals surface area contributed by atoms with Crippen LogP contribution in [0.2, 0.25) is 0 Å². The average Bonchev–Trinajstić information content (AvgIpc) is 2.79. The summed E-state index contributed by atoms with van der Waals surface area (Å²) in [6.45, 7) is 5.24. The molecule has 0 aromatic rings. The van der Waals surface area contributed by atoms with Crippen molar-refractivity contribution in [2.24, 2.45) is 0 Å². The van der Waals surface area contributed by atoms with Gasteiger partial charge in [-0.1, -0.05) is 89.5 Å². The molecule has 0 amide bonds. The quantitative estimate of drug-likeness (QED) is 0.0893. The Kier molecular flexibility index (Phi) is 24.4. The standard InChI is InChI=1S/C28H50O4/c1-3-5-7-9-11-13-15-17-19-21-25-31-27(29)23-24-28(30)32-26-22-20-18-16-14-12-10-8-6-4-2/h5-8H,3-4,9-26H2,1-2H3/b7-5+,8-6+. The molecule has 0 aromatic heterocycles. The van der Waals surface area contributed by atoms with Crippen LogP contribution in [-0.2, 0) is 19.1 Å². The van der Waals surface area contributed by atoms with E-state index < -0.39 is 0 Å². The van der Waals surface area contributed by atoms with E-state index in [0.29, 0.717) is 13.2 Å². The fourth-order valence-corrected chi connectivity index (χ4v) is 3.43. The van der Waals surface area contributed by atoms with Gasteiger partial charge in [0.15, 0.2) is 0 Å². The smallest absolute Gasteiger partial charge is 0.306 e. The fourth-order valence-electron chi connectivity index (χ4n) is 3.43. The Hall–Kier alpha value is -1.58. The van der Waals surface area contributed by atoms with Gasteiger partial charge in [0.25, 0.3) is 0 Å². The van der Waals surface area contributed by atoms with Gasteiger partial charge < -0.3 is 9.47 Å². The number of rotatable bonds is 23. The Balaban J connectivity index is 3.34. The van der Waals surface area contributed by atoms with Crippen molar-refractivity contribution in [3.8, 4) is 0 Å². The van der Waals surface area contributed by atoms with Crippen molar-refractivity contribution in [1.82, 2.24) is 0 Å². The van der Waals surface area contributed by atoms with Crippen LogP contribution in [0, 0.1) is 0 Å². The number of ether oxygens (including phenoxy) is 2. The third kappa shape index (κ3) is 24.7. The normalized spacial score (nSPS) is 11.4. The summed E-state index contributed by atoms with van der Waals surface area (Å²) in [5.41, 5.74) is 0. The van der Waals surface area contributed by atoms with E-state index in [1.807, 2.05) is 0 Å². The van der Waals surface area contributed by atoms with Gasteiger partial charge in [-0.25, -0.2) is 0 Å². The van der Waals surface area contributed by atoms with Gasteiger partial charge in [0.05, 0.1) is 26.1 Å². The second kappa shape index (κ2) is 25.7. The lowest BCUT2D eigenvalue weighted by molar-refractivity contribution is -0.150. The van der Waals surface area contributed by atoms with E-state index in [4.69, 9.17) is 9.47 Å². The molecular formula is C28H50O4. The summed E-state index contributed by atoms with van der Waals surface area (Å²) >= 11 is 0. The molecule has 0 aliphatic heterocycles. The predicted octanol–water partition coefficient (Wildman–Crippen LogP) is 8.25. The summed E-state index contributed by atoms with van der Waals surface area (Å²) in [7, 11) is 0. The molecule has 186 valence electrons. The van der Waals surface area contributed by atoms with Gasteiger partial charge in [-0.3, -0.25) is 9.59 Å². The van der Waals surface area contributed by atoms with Crippen molar-refractivity contribution < 1.29 is 19.1 Å². The fraction of sp³-hybridized carbons (Fsp3) is 0.786. The molecule has 0 aliphatic rings. The Labute approximate surface area is 198 Å². The van der Waals surface area contributed by atoms with Crippen molar-refractivity contribution in [3.05, 3.63) is 24.3 Å². The van der Waals surface area contributed by atoms with Crippen molar-refractivity contribution in [3.63, 3.8) is 0 Å². The van der Waals surface area contributed by atoms with Crippen LogP contribution < -0.4 is 0 Å². The van der Waals surface area contributed by atoms with E-state index in [2.05, 4.69) is 38.2 Å². The highest BCUT2D eigenvalue weighted by atomic mass is 16.5. The van der Waals surface area contributed by atoms with Gasteiger partial charge in [-0.2, -0.15) is 0 Å². The monoisotopic (exact) mass is 450 g/mol. The summed E-state index contributed by atoms with van der Waals surface area (Å²) in [5.74, 6) is -0.586. The number of esters is 2. The summed E-state index contributed by atoms with van der Waals surface area (Å²) in [6, 6.07) is 0. The van der Waals surface area contributed by atoms with Gasteiger partial charge in [0.2, 0.25) is 0 Å². The topological polar surface area (TPSA) is 52.6 Å². The minimum atomic E-state index is -0.293. The van der Waals surface area contributed by atoms with Crippen molar-refractivity contribution in [2.45, 2.75) is 129 Å². The first-order valence-electron chi connectivity index (χ1n) is 13.3. The van der Waals surface area contributed by atoms with E-state index in [0.717, 1.165) is 38.5 Å². The molecule has 4 heteroatoms. The van der Waals surface area contributed by atoms with Crippen LogP contribution in [0.1, 0.15) is 129 Å². The van der Waals surface area contributed by atoms with E-state index >= 15 is 0 Å². The third-order valence-electron chi connectivity index (χ3n) is 5.39. The highest BCUT2D eigenvalue weighted by molar-refractivity contribution is 5.77. The largest absolute Gasteiger partial charge is 0.466 e. The zero-order valence-electron chi connectivity index (χ0n) is 21.1. The minimum Gasteiger partial charge on any atom is -0.466 e. The molecule has 0 fully saturated rings. The number of carbonyl (C=O) groups excluding carboxylic acids is 2. The van der Waals surface area contributed by atoms with Crippen LogP contribution >= 0.6 is 0 Å². The summed E-state index contributed by atoms with van der Waals surface area (Å²) in [4.78, 5) is 23.5. The predicted molar refractivity (Wildman–Crippen MR) is 135 cm³/mol. The minimum absolute atomic E-state index is 0.122. The maximum Gasteiger partial charge on any atom is 0.306 e. The van der Waals surface area contributed by atoms with Crippen molar-refractivity contribution >= 4 is 11.9 Å². The first-order valence-corrected chi connectivity index (χ1v) is 13.3. The van der Waals surface area contributed by atoms with Crippen LogP contribution in [0.4, 0.5) is 0 Å². The molecule has 0 saturated heterocycles. The molecule has 0 radical (unpaired) electrons. The SMILES string of the molecule is CC/C=C/CCCCCCCCOC(=O)CCC(=O)OCCCCCCCC/C=C/CC. The molecule has 0 spiro atoms. The van der Waals surface area contributed by atoms with Crippen LogP contribution in [-0.4, -0.2) is 25.2 Å². The number of unbranched alkanes of at least 4 members (excludes halogenated alkanes) is 12. The molecule has 0 heterocycles. The molecule has 32 heavy (non-hydrogen) atoms. The second-order valence-corrected chi connectivity index (χ2v) is 8.52. The maximum absolute atomic E-state index is 11.7. The molecular weight excluding hydrogens is 400 g/mol. The van der Waals surface area contributed by atoms with Crippen molar-refractivity contribution in [2.75, 3.05) is 13.2 Å². The van der Waals surface area contributed by atoms with Crippen LogP contribution in [0.5, 0.6) is 0 Å². The van der Waals surface area contributed by atoms with Gasteiger partial charge in [-0.15, -0.1) is 0 Å². The summed E-state index contributed by atoms with van der Waals surface area (Å²) in [6.07, 6.45) is 27.8. The van der Waals surface area contributed by atoms with Gasteiger partial charge in [0, 0.05) is 0 Å². The van der Waals surface area contributed by atoms with Crippen LogP contribution in [0.25, 0.3) is 0 Å². The Morgan fingerprint density at radius 3 is 1.22 bits per heavy atom. The molecule has 0 saturated carbocycles. The van der Waals surface area contributed by atoms with Crippen molar-refractivity contribution in [1.29, 1.82) is 0 Å². The van der Waals surface area contributed by atoms with Crippen LogP contribution in [0.15, 0.2) is 24.3 Å². The summed E-state index contributed by atoms with van der Waals surface area (Å²) in [5, 5.41) is 0. The molecule has 0 atom stereocenters. The second-order valence-electron chi connectivity index (χ2n) is 8.52. The molecule has 0 bridgehead atoms. The molecule has 0 unspecified atom stereocenters. The molecule has 0 rings (SSSR count). The van der Waals surface area contributed by atoms with Gasteiger partial charge in [-0.05, 0) is 51.4 Å². The van der Waals surface area contributed by atoms with E-state index in [-0.39, 0.29) is 24.8 Å². The first kappa shape index (κ1) is 30.4. The molecule has 0 N–H and O–H groups in total. The van der Waals surface area contributed by atoms with Gasteiger partial charge >= 0.3 is 11.9 Å². The number of carbonyl (C=O) groups is 2. The molecule has 0 aromatic carbocycles. The zero-order chi connectivity index (χ0) is 23.5. The van der Waals surface area contributed by atoms with E-state index in [1.54, 1.807) is 0 Å². The lowest BCUT2D eigenvalue weighted by Gasteiger charge is -2.06. The van der Waals surface area contributed by atoms with E-state index in [9.17, 15) is 9.59 Å². The number of allylic oxidation sites excluding steroid dienone is 4. The Morgan fingerprint density at radius 1 is 0.500 bits per heavy atom. The summed E-state index contributed by atoms with van der Waals surface area (Å²) < 4.78 is 10.4. The Morgan fingerprint density at radius 2 is 0.844 bits per heavy atom. The number of hydrogen-bond acceptors (Lipinski definition) is 4. The average molecular weight is 451 g/mol. The molecule has 4 nitrogen and oxygen atoms in total. The van der Waals surface area contributed by atoms with E-state index in [1.165, 1.54) is 64.2 Å². The number of hydrogen-bond donors (Lipinski definition) is 0. The molecule has 0 aliphatic carbocycles. The third-order valence-corrected chi connectivity index (χ3v) is 5.39. The Bertz CT molecular complexity index is 438. The zero-order valence-corrected chi connectivity index (χ0v) is 21.1. The first-order chi connectivity index (χ1) is 15.7. The van der Waals surface area contributed by atoms with Gasteiger partial charge in [0.1, 0.15) is 0 Å². The maximum atomic E-state index is 11.7. The van der Waals surface area contributed by atoms with Crippen LogP contribution in [0.3, 0.4) is 0 Å².